The van der Waals surface area contributed by atoms with Crippen molar-refractivity contribution < 1.29 is 9.59 Å². The van der Waals surface area contributed by atoms with E-state index in [1.807, 2.05) is 29.2 Å². The zero-order valence-corrected chi connectivity index (χ0v) is 18.9. The van der Waals surface area contributed by atoms with Gasteiger partial charge in [-0.1, -0.05) is 41.6 Å². The maximum atomic E-state index is 13.0. The van der Waals surface area contributed by atoms with Gasteiger partial charge in [-0.3, -0.25) is 9.89 Å². The number of anilines is 1. The van der Waals surface area contributed by atoms with Crippen LogP contribution in [0.1, 0.15) is 22.3 Å². The standard InChI is InChI=1S/C22H23ClN6O2S/c23-18-3-1-4-19(13-18)26-22(31)29-10-2-9-28(11-12-29)20(30)17-7-5-16(6-8-17)14-32-21-24-15-25-27-21/h1,3-8,13,15H,2,9-12,14H2,(H,26,31)(H,24,25,27). The summed E-state index contributed by atoms with van der Waals surface area (Å²) in [4.78, 5) is 33.2. The van der Waals surface area contributed by atoms with Crippen LogP contribution in [0.4, 0.5) is 10.5 Å². The second-order valence-corrected chi connectivity index (χ2v) is 8.75. The Kier molecular flexibility index (Phi) is 7.28. The normalized spacial score (nSPS) is 14.2. The topological polar surface area (TPSA) is 94.2 Å². The number of hydrogen-bond donors (Lipinski definition) is 2. The molecule has 1 aliphatic heterocycles. The fraction of sp³-hybridized carbons (Fsp3) is 0.273. The molecule has 1 aliphatic rings. The van der Waals surface area contributed by atoms with Crippen molar-refractivity contribution in [2.75, 3.05) is 31.5 Å². The number of carbonyl (C=O) groups is 2. The zero-order valence-electron chi connectivity index (χ0n) is 17.3. The van der Waals surface area contributed by atoms with Crippen LogP contribution in [0.25, 0.3) is 0 Å². The predicted molar refractivity (Wildman–Crippen MR) is 125 cm³/mol. The Hall–Kier alpha value is -3.04. The third kappa shape index (κ3) is 5.80. The average Bonchev–Trinajstić information content (AvgIpc) is 3.20. The van der Waals surface area contributed by atoms with Crippen molar-refractivity contribution in [3.63, 3.8) is 0 Å². The molecule has 0 spiro atoms. The van der Waals surface area contributed by atoms with Crippen LogP contribution in [-0.4, -0.2) is 63.1 Å². The van der Waals surface area contributed by atoms with E-state index in [2.05, 4.69) is 20.5 Å². The summed E-state index contributed by atoms with van der Waals surface area (Å²) in [5.41, 5.74) is 2.40. The first-order valence-electron chi connectivity index (χ1n) is 10.3. The largest absolute Gasteiger partial charge is 0.337 e. The van der Waals surface area contributed by atoms with E-state index < -0.39 is 0 Å². The van der Waals surface area contributed by atoms with Gasteiger partial charge in [0.05, 0.1) is 0 Å². The van der Waals surface area contributed by atoms with Gasteiger partial charge in [-0.25, -0.2) is 9.78 Å². The second kappa shape index (κ2) is 10.5. The van der Waals surface area contributed by atoms with E-state index in [0.29, 0.717) is 42.5 Å². The molecule has 4 rings (SSSR count). The van der Waals surface area contributed by atoms with Crippen molar-refractivity contribution in [2.24, 2.45) is 0 Å². The summed E-state index contributed by atoms with van der Waals surface area (Å²) in [6.45, 7) is 2.17. The molecule has 0 unspecified atom stereocenters. The van der Waals surface area contributed by atoms with Gasteiger partial charge in [0.2, 0.25) is 0 Å². The lowest BCUT2D eigenvalue weighted by atomic mass is 10.1. The molecule has 2 heterocycles. The van der Waals surface area contributed by atoms with Crippen molar-refractivity contribution >= 4 is 41.0 Å². The van der Waals surface area contributed by atoms with Crippen LogP contribution in [0, 0.1) is 0 Å². The number of urea groups is 1. The van der Waals surface area contributed by atoms with Crippen molar-refractivity contribution in [3.05, 3.63) is 71.0 Å². The molecule has 3 aromatic rings. The Balaban J connectivity index is 1.30. The van der Waals surface area contributed by atoms with Crippen LogP contribution < -0.4 is 5.32 Å². The van der Waals surface area contributed by atoms with Crippen LogP contribution in [0.3, 0.4) is 0 Å². The van der Waals surface area contributed by atoms with Gasteiger partial charge in [0.1, 0.15) is 6.33 Å². The van der Waals surface area contributed by atoms with Gasteiger partial charge < -0.3 is 15.1 Å². The molecule has 1 saturated heterocycles. The van der Waals surface area contributed by atoms with E-state index in [1.165, 1.54) is 6.33 Å². The van der Waals surface area contributed by atoms with E-state index in [0.717, 1.165) is 22.9 Å². The molecule has 0 aliphatic carbocycles. The molecule has 0 saturated carbocycles. The molecule has 166 valence electrons. The van der Waals surface area contributed by atoms with Gasteiger partial charge in [0.15, 0.2) is 5.16 Å². The zero-order chi connectivity index (χ0) is 22.3. The first-order valence-corrected chi connectivity index (χ1v) is 11.6. The Labute approximate surface area is 195 Å². The van der Waals surface area contributed by atoms with Gasteiger partial charge in [-0.2, -0.15) is 5.10 Å². The highest BCUT2D eigenvalue weighted by Gasteiger charge is 2.23. The minimum absolute atomic E-state index is 0.0171. The number of aromatic nitrogens is 3. The number of nitrogens with one attached hydrogen (secondary N) is 2. The number of benzene rings is 2. The number of nitrogens with zero attached hydrogens (tertiary/aromatic N) is 4. The number of amides is 3. The van der Waals surface area contributed by atoms with Crippen LogP contribution in [-0.2, 0) is 5.75 Å². The summed E-state index contributed by atoms with van der Waals surface area (Å²) < 4.78 is 0. The van der Waals surface area contributed by atoms with E-state index >= 15 is 0 Å². The van der Waals surface area contributed by atoms with Crippen molar-refractivity contribution in [3.8, 4) is 0 Å². The highest BCUT2D eigenvalue weighted by molar-refractivity contribution is 7.98. The van der Waals surface area contributed by atoms with Gasteiger partial charge in [-0.05, 0) is 42.3 Å². The molecule has 1 aromatic heterocycles. The number of hydrogen-bond acceptors (Lipinski definition) is 5. The van der Waals surface area contributed by atoms with Crippen molar-refractivity contribution in [1.29, 1.82) is 0 Å². The molecule has 0 bridgehead atoms. The molecule has 32 heavy (non-hydrogen) atoms. The third-order valence-electron chi connectivity index (χ3n) is 5.12. The number of thioether (sulfide) groups is 1. The number of rotatable bonds is 5. The van der Waals surface area contributed by atoms with Gasteiger partial charge >= 0.3 is 6.03 Å². The summed E-state index contributed by atoms with van der Waals surface area (Å²) in [7, 11) is 0. The molecule has 2 N–H and O–H groups in total. The third-order valence-corrected chi connectivity index (χ3v) is 6.30. The van der Waals surface area contributed by atoms with Gasteiger partial charge in [0, 0.05) is 48.2 Å². The van der Waals surface area contributed by atoms with Crippen molar-refractivity contribution in [2.45, 2.75) is 17.3 Å². The fourth-order valence-corrected chi connectivity index (χ4v) is 4.36. The maximum absolute atomic E-state index is 13.0. The van der Waals surface area contributed by atoms with E-state index in [-0.39, 0.29) is 11.9 Å². The molecule has 0 radical (unpaired) electrons. The molecule has 3 amide bonds. The smallest absolute Gasteiger partial charge is 0.321 e. The molecule has 1 fully saturated rings. The van der Waals surface area contributed by atoms with Crippen molar-refractivity contribution in [1.82, 2.24) is 25.0 Å². The monoisotopic (exact) mass is 470 g/mol. The lowest BCUT2D eigenvalue weighted by molar-refractivity contribution is 0.0762. The van der Waals surface area contributed by atoms with E-state index in [1.54, 1.807) is 40.9 Å². The average molecular weight is 471 g/mol. The van der Waals surface area contributed by atoms with Crippen LogP contribution in [0.5, 0.6) is 0 Å². The van der Waals surface area contributed by atoms with E-state index in [4.69, 9.17) is 11.6 Å². The van der Waals surface area contributed by atoms with Crippen LogP contribution >= 0.6 is 23.4 Å². The summed E-state index contributed by atoms with van der Waals surface area (Å²) in [6.07, 6.45) is 2.20. The van der Waals surface area contributed by atoms with Gasteiger partial charge in [0.25, 0.3) is 5.91 Å². The Morgan fingerprint density at radius 2 is 1.84 bits per heavy atom. The number of carbonyl (C=O) groups excluding carboxylic acids is 2. The summed E-state index contributed by atoms with van der Waals surface area (Å²) in [6, 6.07) is 14.5. The maximum Gasteiger partial charge on any atom is 0.321 e. The highest BCUT2D eigenvalue weighted by Crippen LogP contribution is 2.20. The minimum Gasteiger partial charge on any atom is -0.337 e. The second-order valence-electron chi connectivity index (χ2n) is 7.35. The fourth-order valence-electron chi connectivity index (χ4n) is 3.43. The lowest BCUT2D eigenvalue weighted by Crippen LogP contribution is -2.39. The minimum atomic E-state index is -0.185. The summed E-state index contributed by atoms with van der Waals surface area (Å²) >= 11 is 7.54. The SMILES string of the molecule is O=C(Nc1cccc(Cl)c1)N1CCCN(C(=O)c2ccc(CSc3ncn[nH]3)cc2)CC1. The molecule has 2 aromatic carbocycles. The summed E-state index contributed by atoms with van der Waals surface area (Å²) in [5, 5.41) is 10.8. The number of aromatic amines is 1. The highest BCUT2D eigenvalue weighted by atomic mass is 35.5. The Morgan fingerprint density at radius 3 is 2.59 bits per heavy atom. The number of H-pyrrole nitrogens is 1. The quantitative estimate of drug-likeness (QED) is 0.547. The molecule has 8 nitrogen and oxygen atoms in total. The first kappa shape index (κ1) is 22.2. The number of halogens is 1. The first-order chi connectivity index (χ1) is 15.6. The Morgan fingerprint density at radius 1 is 1.06 bits per heavy atom. The van der Waals surface area contributed by atoms with Crippen LogP contribution in [0.2, 0.25) is 5.02 Å². The van der Waals surface area contributed by atoms with E-state index in [9.17, 15) is 9.59 Å². The Bertz CT molecular complexity index is 1060. The predicted octanol–water partition coefficient (Wildman–Crippen LogP) is 4.13. The molecule has 10 heteroatoms. The summed E-state index contributed by atoms with van der Waals surface area (Å²) in [5.74, 6) is 0.723. The van der Waals surface area contributed by atoms with Crippen LogP contribution in [0.15, 0.2) is 60.0 Å². The molecule has 0 atom stereocenters. The molecular weight excluding hydrogens is 448 g/mol. The van der Waals surface area contributed by atoms with Gasteiger partial charge in [-0.15, -0.1) is 0 Å². The molecular formula is C22H23ClN6O2S. The lowest BCUT2D eigenvalue weighted by Gasteiger charge is -2.22.